The first-order chi connectivity index (χ1) is 26.5. The van der Waals surface area contributed by atoms with Crippen molar-refractivity contribution in [3.8, 4) is 5.75 Å². The minimum atomic E-state index is 0.245. The highest BCUT2D eigenvalue weighted by molar-refractivity contribution is 5.57. The van der Waals surface area contributed by atoms with Crippen molar-refractivity contribution in [1.29, 1.82) is 0 Å². The summed E-state index contributed by atoms with van der Waals surface area (Å²) in [5.41, 5.74) is 0.844. The van der Waals surface area contributed by atoms with Crippen LogP contribution in [0.1, 0.15) is 219 Å². The first kappa shape index (κ1) is 47.6. The summed E-state index contributed by atoms with van der Waals surface area (Å²) in [6, 6.07) is 7.05. The van der Waals surface area contributed by atoms with Crippen LogP contribution in [-0.4, -0.2) is 47.2 Å². The molecule has 54 heavy (non-hydrogen) atoms. The summed E-state index contributed by atoms with van der Waals surface area (Å²) >= 11 is 0. The van der Waals surface area contributed by atoms with Gasteiger partial charge in [-0.15, -0.1) is 0 Å². The molecule has 0 aliphatic carbocycles. The number of phenolic OH excluding ortho intramolecular Hbond substituents is 1. The van der Waals surface area contributed by atoms with Gasteiger partial charge in [0.15, 0.2) is 0 Å². The van der Waals surface area contributed by atoms with Crippen molar-refractivity contribution in [1.82, 2.24) is 15.0 Å². The van der Waals surface area contributed by atoms with Crippen molar-refractivity contribution >= 4 is 23.5 Å². The monoisotopic (exact) mass is 751 g/mol. The molecule has 0 atom stereocenters. The number of nitrogens with one attached hydrogen (secondary N) is 1. The van der Waals surface area contributed by atoms with Crippen LogP contribution in [0.4, 0.5) is 23.5 Å². The van der Waals surface area contributed by atoms with Gasteiger partial charge in [0.25, 0.3) is 0 Å². The molecular weight excluding hydrogens is 665 g/mol. The summed E-state index contributed by atoms with van der Waals surface area (Å²) in [7, 11) is 4.20. The van der Waals surface area contributed by atoms with Gasteiger partial charge in [0.2, 0.25) is 17.8 Å². The summed E-state index contributed by atoms with van der Waals surface area (Å²) in [5, 5.41) is 13.1. The highest BCUT2D eigenvalue weighted by atomic mass is 16.3. The lowest BCUT2D eigenvalue weighted by molar-refractivity contribution is 0.475. The molecule has 0 saturated carbocycles. The van der Waals surface area contributed by atoms with Crippen molar-refractivity contribution in [2.45, 2.75) is 219 Å². The number of rotatable bonds is 38. The quantitative estimate of drug-likeness (QED) is 0.0522. The van der Waals surface area contributed by atoms with Crippen LogP contribution < -0.4 is 15.1 Å². The zero-order chi connectivity index (χ0) is 38.7. The molecule has 0 bridgehead atoms. The summed E-state index contributed by atoms with van der Waals surface area (Å²) in [5.74, 6) is 2.20. The molecule has 0 unspecified atom stereocenters. The fraction of sp³-hybridized carbons (Fsp3) is 0.809. The highest BCUT2D eigenvalue weighted by Gasteiger charge is 2.14. The first-order valence-corrected chi connectivity index (χ1v) is 23.3. The van der Waals surface area contributed by atoms with Gasteiger partial charge in [0, 0.05) is 32.9 Å². The van der Waals surface area contributed by atoms with E-state index in [1.165, 1.54) is 193 Å². The molecule has 1 aromatic heterocycles. The Kier molecular flexibility index (Phi) is 29.7. The largest absolute Gasteiger partial charge is 0.508 e. The predicted octanol–water partition coefficient (Wildman–Crippen LogP) is 14.7. The van der Waals surface area contributed by atoms with E-state index in [1.807, 2.05) is 12.1 Å². The number of phenols is 1. The topological polar surface area (TPSA) is 77.4 Å². The Morgan fingerprint density at radius 3 is 0.981 bits per heavy atom. The second kappa shape index (κ2) is 33.7. The standard InChI is InChI=1S/C47H86N6O/c1-5-7-9-11-13-15-17-19-21-23-25-27-29-31-33-35-41-52(3)46-49-45(48-43-37-39-44(54)40-38-43)50-47(51-46)53(4)42-36-34-32-30-28-26-24-22-20-18-16-14-12-10-8-6-2/h37-40,54H,5-36,41-42H2,1-4H3,(H,48,49,50,51). The van der Waals surface area contributed by atoms with E-state index in [1.54, 1.807) is 12.1 Å². The minimum Gasteiger partial charge on any atom is -0.508 e. The summed E-state index contributed by atoms with van der Waals surface area (Å²) in [4.78, 5) is 18.9. The van der Waals surface area contributed by atoms with Crippen molar-refractivity contribution in [3.63, 3.8) is 0 Å². The smallest absolute Gasteiger partial charge is 0.233 e. The van der Waals surface area contributed by atoms with Crippen LogP contribution in [0, 0.1) is 0 Å². The van der Waals surface area contributed by atoms with E-state index in [2.05, 4.69) is 43.1 Å². The van der Waals surface area contributed by atoms with Gasteiger partial charge in [0.05, 0.1) is 0 Å². The van der Waals surface area contributed by atoms with Gasteiger partial charge < -0.3 is 20.2 Å². The molecule has 7 heteroatoms. The number of nitrogens with zero attached hydrogens (tertiary/aromatic N) is 5. The molecule has 0 aliphatic heterocycles. The van der Waals surface area contributed by atoms with Crippen LogP contribution >= 0.6 is 0 Å². The van der Waals surface area contributed by atoms with E-state index in [9.17, 15) is 5.11 Å². The predicted molar refractivity (Wildman–Crippen MR) is 237 cm³/mol. The number of hydrogen-bond donors (Lipinski definition) is 2. The van der Waals surface area contributed by atoms with Crippen molar-refractivity contribution < 1.29 is 5.11 Å². The lowest BCUT2D eigenvalue weighted by Crippen LogP contribution is -2.26. The maximum Gasteiger partial charge on any atom is 0.233 e. The second-order valence-electron chi connectivity index (χ2n) is 16.4. The maximum absolute atomic E-state index is 9.75. The van der Waals surface area contributed by atoms with E-state index in [4.69, 9.17) is 15.0 Å². The van der Waals surface area contributed by atoms with Gasteiger partial charge in [-0.05, 0) is 37.1 Å². The van der Waals surface area contributed by atoms with Gasteiger partial charge in [-0.3, -0.25) is 0 Å². The maximum atomic E-state index is 9.75. The molecular formula is C47H86N6O. The molecule has 0 saturated heterocycles. The van der Waals surface area contributed by atoms with Gasteiger partial charge in [-0.25, -0.2) is 0 Å². The third-order valence-corrected chi connectivity index (χ3v) is 11.1. The summed E-state index contributed by atoms with van der Waals surface area (Å²) in [6.07, 6.45) is 44.1. The Bertz CT molecular complexity index is 1050. The summed E-state index contributed by atoms with van der Waals surface area (Å²) in [6.45, 7) is 6.46. The van der Waals surface area contributed by atoms with Crippen LogP contribution in [0.3, 0.4) is 0 Å². The second-order valence-corrected chi connectivity index (χ2v) is 16.4. The van der Waals surface area contributed by atoms with Crippen LogP contribution in [0.5, 0.6) is 5.75 Å². The number of benzene rings is 1. The van der Waals surface area contributed by atoms with E-state index in [-0.39, 0.29) is 5.75 Å². The fourth-order valence-corrected chi connectivity index (χ4v) is 7.42. The molecule has 7 nitrogen and oxygen atoms in total. The average Bonchev–Trinajstić information content (AvgIpc) is 3.18. The van der Waals surface area contributed by atoms with Gasteiger partial charge in [-0.2, -0.15) is 15.0 Å². The summed E-state index contributed by atoms with van der Waals surface area (Å²) < 4.78 is 0. The molecule has 310 valence electrons. The van der Waals surface area contributed by atoms with Gasteiger partial charge >= 0.3 is 0 Å². The molecule has 0 spiro atoms. The van der Waals surface area contributed by atoms with Crippen molar-refractivity contribution in [2.75, 3.05) is 42.3 Å². The molecule has 2 aromatic rings. The number of hydrogen-bond acceptors (Lipinski definition) is 7. The van der Waals surface area contributed by atoms with Gasteiger partial charge in [-0.1, -0.05) is 206 Å². The number of aromatic nitrogens is 3. The Hall–Kier alpha value is -2.57. The number of aromatic hydroxyl groups is 1. The molecule has 0 aliphatic rings. The Balaban J connectivity index is 1.65. The molecule has 0 fully saturated rings. The third kappa shape index (κ3) is 25.5. The lowest BCUT2D eigenvalue weighted by atomic mass is 10.0. The number of anilines is 4. The van der Waals surface area contributed by atoms with E-state index >= 15 is 0 Å². The van der Waals surface area contributed by atoms with Crippen LogP contribution in [0.15, 0.2) is 24.3 Å². The van der Waals surface area contributed by atoms with Gasteiger partial charge in [0.1, 0.15) is 5.75 Å². The van der Waals surface area contributed by atoms with Crippen molar-refractivity contribution in [3.05, 3.63) is 24.3 Å². The van der Waals surface area contributed by atoms with Crippen LogP contribution in [-0.2, 0) is 0 Å². The fourth-order valence-electron chi connectivity index (χ4n) is 7.42. The normalized spacial score (nSPS) is 11.3. The molecule has 2 rings (SSSR count). The van der Waals surface area contributed by atoms with Crippen LogP contribution in [0.2, 0.25) is 0 Å². The molecule has 0 radical (unpaired) electrons. The highest BCUT2D eigenvalue weighted by Crippen LogP contribution is 2.22. The Morgan fingerprint density at radius 2 is 0.685 bits per heavy atom. The minimum absolute atomic E-state index is 0.245. The SMILES string of the molecule is CCCCCCCCCCCCCCCCCCN(C)c1nc(Nc2ccc(O)cc2)nc(N(C)CCCCCCCCCCCCCCCCCC)n1. The molecule has 1 aromatic carbocycles. The first-order valence-electron chi connectivity index (χ1n) is 23.3. The average molecular weight is 751 g/mol. The molecule has 1 heterocycles. The lowest BCUT2D eigenvalue weighted by Gasteiger charge is -2.22. The molecule has 0 amide bonds. The van der Waals surface area contributed by atoms with Crippen LogP contribution in [0.25, 0.3) is 0 Å². The molecule has 2 N–H and O–H groups in total. The Labute approximate surface area is 334 Å². The van der Waals surface area contributed by atoms with E-state index < -0.39 is 0 Å². The van der Waals surface area contributed by atoms with E-state index in [0.29, 0.717) is 17.8 Å². The van der Waals surface area contributed by atoms with Crippen molar-refractivity contribution in [2.24, 2.45) is 0 Å². The zero-order valence-electron chi connectivity index (χ0n) is 36.0. The number of unbranched alkanes of at least 4 members (excludes halogenated alkanes) is 30. The third-order valence-electron chi connectivity index (χ3n) is 11.1. The Morgan fingerprint density at radius 1 is 0.407 bits per heavy atom. The van der Waals surface area contributed by atoms with E-state index in [0.717, 1.165) is 31.6 Å². The zero-order valence-corrected chi connectivity index (χ0v) is 36.0.